The molecule has 1 aromatic heterocycles. The molecule has 3 aromatic rings. The van der Waals surface area contributed by atoms with Gasteiger partial charge in [0.1, 0.15) is 10.8 Å². The SMILES string of the molecule is P.c1ccc(-c2nn[nH][n+]2-c2ccccc2)cc1. The highest BCUT2D eigenvalue weighted by atomic mass is 31.0. The van der Waals surface area contributed by atoms with E-state index in [9.17, 15) is 0 Å². The Morgan fingerprint density at radius 2 is 1.44 bits per heavy atom. The molecule has 0 aliphatic heterocycles. The number of hydrogen-bond acceptors (Lipinski definition) is 2. The van der Waals surface area contributed by atoms with Crippen LogP contribution in [0.15, 0.2) is 60.7 Å². The Balaban J connectivity index is 0.00000120. The maximum absolute atomic E-state index is 4.12. The van der Waals surface area contributed by atoms with E-state index in [1.165, 1.54) is 0 Å². The summed E-state index contributed by atoms with van der Waals surface area (Å²) in [5.41, 5.74) is 2.04. The molecule has 90 valence electrons. The fraction of sp³-hybridized carbons (Fsp3) is 0. The summed E-state index contributed by atoms with van der Waals surface area (Å²) >= 11 is 0. The number of nitrogens with zero attached hydrogens (tertiary/aromatic N) is 3. The van der Waals surface area contributed by atoms with Crippen molar-refractivity contribution in [3.05, 3.63) is 60.7 Å². The van der Waals surface area contributed by atoms with E-state index in [1.54, 1.807) is 0 Å². The Labute approximate surface area is 108 Å². The van der Waals surface area contributed by atoms with Crippen LogP contribution in [0.4, 0.5) is 0 Å². The summed E-state index contributed by atoms with van der Waals surface area (Å²) in [6, 6.07) is 19.9. The number of rotatable bonds is 2. The number of hydrogen-bond donors (Lipinski definition) is 1. The first-order valence-electron chi connectivity index (χ1n) is 5.39. The number of H-pyrrole nitrogens is 1. The van der Waals surface area contributed by atoms with Crippen LogP contribution in [-0.4, -0.2) is 15.5 Å². The number of nitrogens with one attached hydrogen (secondary N) is 1. The Hall–Kier alpha value is -2.06. The summed E-state index contributed by atoms with van der Waals surface area (Å²) in [4.78, 5) is 0. The third kappa shape index (κ3) is 2.29. The lowest BCUT2D eigenvalue weighted by Gasteiger charge is -1.97. The van der Waals surface area contributed by atoms with Gasteiger partial charge in [0.05, 0.1) is 5.56 Å². The number of aromatic nitrogens is 4. The molecule has 0 saturated heterocycles. The second kappa shape index (κ2) is 5.52. The van der Waals surface area contributed by atoms with E-state index in [2.05, 4.69) is 15.5 Å². The quantitative estimate of drug-likeness (QED) is 0.562. The largest absolute Gasteiger partial charge is 0.337 e. The van der Waals surface area contributed by atoms with Crippen LogP contribution in [0.25, 0.3) is 17.1 Å². The molecule has 1 unspecified atom stereocenters. The molecule has 1 heterocycles. The maximum atomic E-state index is 4.12. The summed E-state index contributed by atoms with van der Waals surface area (Å²) in [5, 5.41) is 10.9. The molecule has 1 atom stereocenters. The zero-order chi connectivity index (χ0) is 11.5. The summed E-state index contributed by atoms with van der Waals surface area (Å²) in [5.74, 6) is 0.803. The highest BCUT2D eigenvalue weighted by Crippen LogP contribution is 2.12. The fourth-order valence-corrected chi connectivity index (χ4v) is 1.74. The molecule has 0 saturated carbocycles. The molecule has 4 nitrogen and oxygen atoms in total. The summed E-state index contributed by atoms with van der Waals surface area (Å²) < 4.78 is 1.86. The summed E-state index contributed by atoms with van der Waals surface area (Å²) in [6.45, 7) is 0. The predicted molar refractivity (Wildman–Crippen MR) is 74.5 cm³/mol. The van der Waals surface area contributed by atoms with E-state index >= 15 is 0 Å². The summed E-state index contributed by atoms with van der Waals surface area (Å²) in [7, 11) is 0. The van der Waals surface area contributed by atoms with Gasteiger partial charge in [-0.15, -0.1) is 4.68 Å². The molecule has 5 heteroatoms. The Morgan fingerprint density at radius 1 is 0.833 bits per heavy atom. The van der Waals surface area contributed by atoms with Crippen LogP contribution < -0.4 is 4.68 Å². The Morgan fingerprint density at radius 3 is 2.11 bits per heavy atom. The standard InChI is InChI=1S/C13H10N4.H3P/c1-3-7-11(8-4-1)13-14-15-16-17(13)12-9-5-2-6-10-12;/h1-10H;1H3/p+1. The molecule has 3 rings (SSSR count). The minimum absolute atomic E-state index is 0. The number of aromatic amines is 1. The van der Waals surface area contributed by atoms with Gasteiger partial charge in [-0.2, -0.15) is 9.90 Å². The molecule has 0 amide bonds. The van der Waals surface area contributed by atoms with Crippen molar-refractivity contribution in [3.8, 4) is 17.1 Å². The smallest absolute Gasteiger partial charge is 0.153 e. The lowest BCUT2D eigenvalue weighted by molar-refractivity contribution is -0.649. The normalized spacial score (nSPS) is 9.78. The second-order valence-corrected chi connectivity index (χ2v) is 3.66. The van der Waals surface area contributed by atoms with E-state index in [0.29, 0.717) is 0 Å². The van der Waals surface area contributed by atoms with Crippen molar-refractivity contribution < 1.29 is 4.68 Å². The average Bonchev–Trinajstić information content (AvgIpc) is 2.90. The number of tetrazole rings is 1. The van der Waals surface area contributed by atoms with Gasteiger partial charge in [0, 0.05) is 0 Å². The molecule has 0 fully saturated rings. The topological polar surface area (TPSA) is 45.5 Å². The molecule has 2 aromatic carbocycles. The molecular formula is C13H14N4P+. The van der Waals surface area contributed by atoms with Crippen molar-refractivity contribution in [2.45, 2.75) is 0 Å². The van der Waals surface area contributed by atoms with Crippen LogP contribution in [0.1, 0.15) is 0 Å². The molecule has 1 N–H and O–H groups in total. The Kier molecular flexibility index (Phi) is 3.80. The van der Waals surface area contributed by atoms with E-state index < -0.39 is 0 Å². The zero-order valence-corrected chi connectivity index (χ0v) is 11.2. The van der Waals surface area contributed by atoms with Gasteiger partial charge in [0.25, 0.3) is 0 Å². The van der Waals surface area contributed by atoms with E-state index in [-0.39, 0.29) is 9.90 Å². The van der Waals surface area contributed by atoms with Gasteiger partial charge in [0.15, 0.2) is 5.21 Å². The van der Waals surface area contributed by atoms with Crippen molar-refractivity contribution in [2.75, 3.05) is 0 Å². The maximum Gasteiger partial charge on any atom is 0.337 e. The van der Waals surface area contributed by atoms with Crippen LogP contribution in [0, 0.1) is 0 Å². The van der Waals surface area contributed by atoms with Gasteiger partial charge in [-0.3, -0.25) is 0 Å². The van der Waals surface area contributed by atoms with Gasteiger partial charge in [-0.05, 0) is 24.3 Å². The van der Waals surface area contributed by atoms with E-state index in [4.69, 9.17) is 0 Å². The zero-order valence-electron chi connectivity index (χ0n) is 9.82. The van der Waals surface area contributed by atoms with E-state index in [1.807, 2.05) is 65.3 Å². The van der Waals surface area contributed by atoms with Gasteiger partial charge >= 0.3 is 5.82 Å². The molecule has 18 heavy (non-hydrogen) atoms. The highest BCUT2D eigenvalue weighted by Gasteiger charge is 2.17. The highest BCUT2D eigenvalue weighted by molar-refractivity contribution is 6.92. The lowest BCUT2D eigenvalue weighted by atomic mass is 10.2. The van der Waals surface area contributed by atoms with Gasteiger partial charge in [-0.1, -0.05) is 41.6 Å². The number of para-hydroxylation sites is 1. The second-order valence-electron chi connectivity index (χ2n) is 3.66. The molecule has 0 aliphatic carbocycles. The average molecular weight is 257 g/mol. The van der Waals surface area contributed by atoms with Crippen molar-refractivity contribution >= 4 is 9.90 Å². The molecule has 0 bridgehead atoms. The van der Waals surface area contributed by atoms with Crippen molar-refractivity contribution in [1.29, 1.82) is 0 Å². The van der Waals surface area contributed by atoms with Gasteiger partial charge in [0.2, 0.25) is 0 Å². The predicted octanol–water partition coefficient (Wildman–Crippen LogP) is 1.81. The first-order chi connectivity index (χ1) is 8.45. The third-order valence-electron chi connectivity index (χ3n) is 2.55. The Bertz CT molecular complexity index is 553. The van der Waals surface area contributed by atoms with Crippen LogP contribution in [0.2, 0.25) is 0 Å². The summed E-state index contributed by atoms with van der Waals surface area (Å²) in [6.07, 6.45) is 0. The molecule has 0 aliphatic rings. The molecular weight excluding hydrogens is 243 g/mol. The lowest BCUT2D eigenvalue weighted by Crippen LogP contribution is -2.34. The molecule has 0 spiro atoms. The van der Waals surface area contributed by atoms with Crippen molar-refractivity contribution in [2.24, 2.45) is 0 Å². The monoisotopic (exact) mass is 257 g/mol. The van der Waals surface area contributed by atoms with Crippen LogP contribution in [0.5, 0.6) is 0 Å². The van der Waals surface area contributed by atoms with Crippen LogP contribution in [-0.2, 0) is 0 Å². The first-order valence-corrected chi connectivity index (χ1v) is 5.39. The number of benzene rings is 2. The third-order valence-corrected chi connectivity index (χ3v) is 2.55. The van der Waals surface area contributed by atoms with Crippen LogP contribution in [0.3, 0.4) is 0 Å². The van der Waals surface area contributed by atoms with Gasteiger partial charge in [-0.25, -0.2) is 0 Å². The van der Waals surface area contributed by atoms with E-state index in [0.717, 1.165) is 17.1 Å². The minimum atomic E-state index is 0. The van der Waals surface area contributed by atoms with Crippen LogP contribution >= 0.6 is 9.90 Å². The fourth-order valence-electron chi connectivity index (χ4n) is 1.74. The first kappa shape index (κ1) is 12.4. The van der Waals surface area contributed by atoms with Crippen molar-refractivity contribution in [1.82, 2.24) is 15.5 Å². The van der Waals surface area contributed by atoms with Gasteiger partial charge < -0.3 is 0 Å². The van der Waals surface area contributed by atoms with Crippen molar-refractivity contribution in [3.63, 3.8) is 0 Å². The molecule has 0 radical (unpaired) electrons. The minimum Gasteiger partial charge on any atom is -0.153 e.